The van der Waals surface area contributed by atoms with Crippen LogP contribution in [0, 0.1) is 3.57 Å². The van der Waals surface area contributed by atoms with Crippen molar-refractivity contribution < 1.29 is 19.7 Å². The molecule has 10 heteroatoms. The van der Waals surface area contributed by atoms with Gasteiger partial charge in [-0.2, -0.15) is 4.98 Å². The smallest absolute Gasteiger partial charge is 0.351 e. The summed E-state index contributed by atoms with van der Waals surface area (Å²) in [6.07, 6.45) is -0.153. The largest absolute Gasteiger partial charge is 0.394 e. The highest BCUT2D eigenvalue weighted by atomic mass is 127. The Balaban J connectivity index is 1.68. The average Bonchev–Trinajstić information content (AvgIpc) is 2.97. The maximum atomic E-state index is 12.3. The molecule has 3 N–H and O–H groups in total. The molecular formula is C14H21IN4O5. The second-order valence-electron chi connectivity index (χ2n) is 5.81. The molecule has 3 atom stereocenters. The third-order valence-electron chi connectivity index (χ3n) is 4.18. The standard InChI is InChI=1S/C14H21IN4O5/c15-9-6-19(12-5-10(21)11(7-20)24-12)14(22)17-13(9)16-8-18-1-3-23-4-2-18/h6,10-12,20-21H,1-5,7-8H2,(H,16,17,22)/t10-,11-,12-/m1/s1. The zero-order valence-corrected chi connectivity index (χ0v) is 15.3. The fraction of sp³-hybridized carbons (Fsp3) is 0.714. The summed E-state index contributed by atoms with van der Waals surface area (Å²) < 4.78 is 13.0. The van der Waals surface area contributed by atoms with Gasteiger partial charge in [0.2, 0.25) is 0 Å². The fourth-order valence-electron chi connectivity index (χ4n) is 2.77. The molecule has 3 rings (SSSR count). The highest BCUT2D eigenvalue weighted by Crippen LogP contribution is 2.28. The lowest BCUT2D eigenvalue weighted by atomic mass is 10.2. The molecule has 1 aromatic heterocycles. The molecule has 0 spiro atoms. The molecule has 0 radical (unpaired) electrons. The van der Waals surface area contributed by atoms with E-state index in [1.54, 1.807) is 6.20 Å². The summed E-state index contributed by atoms with van der Waals surface area (Å²) in [5, 5.41) is 22.1. The molecule has 9 nitrogen and oxygen atoms in total. The SMILES string of the molecule is O=c1nc(NCN2CCOCC2)c(I)cn1[C@H]1C[C@@H](O)[C@@H](CO)O1. The summed E-state index contributed by atoms with van der Waals surface area (Å²) in [7, 11) is 0. The second-order valence-corrected chi connectivity index (χ2v) is 6.97. The maximum absolute atomic E-state index is 12.3. The Morgan fingerprint density at radius 1 is 1.42 bits per heavy atom. The molecule has 1 aromatic rings. The number of nitrogens with one attached hydrogen (secondary N) is 1. The van der Waals surface area contributed by atoms with Gasteiger partial charge in [0.15, 0.2) is 0 Å². The van der Waals surface area contributed by atoms with Crippen molar-refractivity contribution in [2.45, 2.75) is 24.9 Å². The molecule has 2 aliphatic heterocycles. The van der Waals surface area contributed by atoms with Crippen molar-refractivity contribution in [3.63, 3.8) is 0 Å². The molecule has 2 saturated heterocycles. The van der Waals surface area contributed by atoms with Crippen LogP contribution in [0.2, 0.25) is 0 Å². The molecule has 0 aliphatic carbocycles. The van der Waals surface area contributed by atoms with Crippen LogP contribution in [-0.2, 0) is 9.47 Å². The minimum absolute atomic E-state index is 0.253. The van der Waals surface area contributed by atoms with Crippen LogP contribution in [0.15, 0.2) is 11.0 Å². The number of rotatable bonds is 5. The molecule has 0 unspecified atom stereocenters. The van der Waals surface area contributed by atoms with Gasteiger partial charge in [-0.05, 0) is 22.6 Å². The fourth-order valence-corrected chi connectivity index (χ4v) is 3.38. The van der Waals surface area contributed by atoms with E-state index in [0.29, 0.717) is 25.7 Å². The van der Waals surface area contributed by atoms with Crippen LogP contribution >= 0.6 is 22.6 Å². The van der Waals surface area contributed by atoms with E-state index in [0.717, 1.165) is 16.7 Å². The van der Waals surface area contributed by atoms with Crippen molar-refractivity contribution in [3.8, 4) is 0 Å². The Kier molecular flexibility index (Phi) is 6.05. The van der Waals surface area contributed by atoms with Gasteiger partial charge < -0.3 is 25.0 Å². The summed E-state index contributed by atoms with van der Waals surface area (Å²) in [6.45, 7) is 3.42. The van der Waals surface area contributed by atoms with Crippen LogP contribution in [0.4, 0.5) is 5.82 Å². The molecular weight excluding hydrogens is 431 g/mol. The van der Waals surface area contributed by atoms with Crippen molar-refractivity contribution in [1.29, 1.82) is 0 Å². The second kappa shape index (κ2) is 8.06. The quantitative estimate of drug-likeness (QED) is 0.498. The number of nitrogens with zero attached hydrogens (tertiary/aromatic N) is 3. The van der Waals surface area contributed by atoms with Gasteiger partial charge in [-0.1, -0.05) is 0 Å². The Labute approximate surface area is 152 Å². The van der Waals surface area contributed by atoms with Crippen molar-refractivity contribution in [3.05, 3.63) is 20.3 Å². The Morgan fingerprint density at radius 2 is 2.17 bits per heavy atom. The van der Waals surface area contributed by atoms with Crippen molar-refractivity contribution in [1.82, 2.24) is 14.5 Å². The average molecular weight is 452 g/mol. The van der Waals surface area contributed by atoms with E-state index in [1.165, 1.54) is 4.57 Å². The molecule has 2 fully saturated rings. The monoisotopic (exact) mass is 452 g/mol. The van der Waals surface area contributed by atoms with E-state index < -0.39 is 24.1 Å². The highest BCUT2D eigenvalue weighted by Gasteiger charge is 2.35. The van der Waals surface area contributed by atoms with Crippen LogP contribution in [-0.4, -0.2) is 76.5 Å². The van der Waals surface area contributed by atoms with Crippen LogP contribution in [0.25, 0.3) is 0 Å². The normalized spacial score (nSPS) is 28.2. The van der Waals surface area contributed by atoms with Crippen molar-refractivity contribution in [2.24, 2.45) is 0 Å². The van der Waals surface area contributed by atoms with E-state index in [1.807, 2.05) is 0 Å². The molecule has 2 aliphatic rings. The predicted molar refractivity (Wildman–Crippen MR) is 93.7 cm³/mol. The van der Waals surface area contributed by atoms with Gasteiger partial charge in [0, 0.05) is 25.7 Å². The number of halogens is 1. The van der Waals surface area contributed by atoms with Gasteiger partial charge in [0.1, 0.15) is 18.1 Å². The number of morpholine rings is 1. The highest BCUT2D eigenvalue weighted by molar-refractivity contribution is 14.1. The number of aliphatic hydroxyl groups excluding tert-OH is 2. The van der Waals surface area contributed by atoms with E-state index in [-0.39, 0.29) is 13.0 Å². The van der Waals surface area contributed by atoms with Crippen LogP contribution in [0.3, 0.4) is 0 Å². The van der Waals surface area contributed by atoms with Gasteiger partial charge in [-0.15, -0.1) is 0 Å². The van der Waals surface area contributed by atoms with Gasteiger partial charge >= 0.3 is 5.69 Å². The number of hydrogen-bond acceptors (Lipinski definition) is 8. The van der Waals surface area contributed by atoms with Gasteiger partial charge in [-0.25, -0.2) is 4.79 Å². The third-order valence-corrected chi connectivity index (χ3v) is 4.96. The number of hydrogen-bond donors (Lipinski definition) is 3. The first kappa shape index (κ1) is 18.0. The molecule has 3 heterocycles. The van der Waals surface area contributed by atoms with Crippen LogP contribution < -0.4 is 11.0 Å². The van der Waals surface area contributed by atoms with E-state index >= 15 is 0 Å². The Morgan fingerprint density at radius 3 is 2.83 bits per heavy atom. The van der Waals surface area contributed by atoms with Gasteiger partial charge in [-0.3, -0.25) is 9.47 Å². The minimum Gasteiger partial charge on any atom is -0.394 e. The lowest BCUT2D eigenvalue weighted by molar-refractivity contribution is -0.0459. The third kappa shape index (κ3) is 4.06. The molecule has 134 valence electrons. The number of aliphatic hydroxyl groups is 2. The van der Waals surface area contributed by atoms with Crippen LogP contribution in [0.5, 0.6) is 0 Å². The first-order chi connectivity index (χ1) is 11.6. The minimum atomic E-state index is -0.788. The van der Waals surface area contributed by atoms with E-state index in [9.17, 15) is 9.90 Å². The molecule has 0 bridgehead atoms. The lowest BCUT2D eigenvalue weighted by Gasteiger charge is -2.27. The van der Waals surface area contributed by atoms with Gasteiger partial charge in [0.25, 0.3) is 0 Å². The maximum Gasteiger partial charge on any atom is 0.351 e. The first-order valence-corrected chi connectivity index (χ1v) is 8.93. The molecule has 24 heavy (non-hydrogen) atoms. The Hall–Kier alpha value is -0.790. The summed E-state index contributed by atoms with van der Waals surface area (Å²) in [4.78, 5) is 18.6. The number of aromatic nitrogens is 2. The van der Waals surface area contributed by atoms with E-state index in [2.05, 4.69) is 37.8 Å². The molecule has 0 saturated carbocycles. The van der Waals surface area contributed by atoms with Crippen LogP contribution in [0.1, 0.15) is 12.6 Å². The summed E-state index contributed by atoms with van der Waals surface area (Å²) in [5.74, 6) is 0.528. The van der Waals surface area contributed by atoms with Crippen molar-refractivity contribution >= 4 is 28.4 Å². The van der Waals surface area contributed by atoms with Crippen molar-refractivity contribution in [2.75, 3.05) is 44.9 Å². The summed E-state index contributed by atoms with van der Waals surface area (Å²) >= 11 is 2.11. The topological polar surface area (TPSA) is 109 Å². The summed E-state index contributed by atoms with van der Waals surface area (Å²) in [5.41, 5.74) is -0.448. The zero-order chi connectivity index (χ0) is 17.1. The number of anilines is 1. The summed E-state index contributed by atoms with van der Waals surface area (Å²) in [6, 6.07) is 0. The predicted octanol–water partition coefficient (Wildman–Crippen LogP) is -0.810. The van der Waals surface area contributed by atoms with Gasteiger partial charge in [0.05, 0.1) is 36.2 Å². The zero-order valence-electron chi connectivity index (χ0n) is 13.1. The first-order valence-electron chi connectivity index (χ1n) is 7.85. The van der Waals surface area contributed by atoms with E-state index in [4.69, 9.17) is 14.6 Å². The lowest BCUT2D eigenvalue weighted by Crippen LogP contribution is -2.40. The molecule has 0 amide bonds. The Bertz CT molecular complexity index is 622. The molecule has 0 aromatic carbocycles. The number of ether oxygens (including phenoxy) is 2.